The van der Waals surface area contributed by atoms with Gasteiger partial charge in [-0.1, -0.05) is 32.8 Å². The molecule has 0 unspecified atom stereocenters. The maximum absolute atomic E-state index is 13.5. The molecule has 1 aromatic rings. The maximum Gasteiger partial charge on any atom is 0.419 e. The number of hydrogen-bond donors (Lipinski definition) is 1. The smallest absolute Gasteiger partial charge is 0.385 e. The zero-order valence-electron chi connectivity index (χ0n) is 11.0. The molecule has 0 spiro atoms. The second-order valence-corrected chi connectivity index (χ2v) is 4.72. The third-order valence-electron chi connectivity index (χ3n) is 3.14. The van der Waals surface area contributed by atoms with E-state index in [9.17, 15) is 22.7 Å². The van der Waals surface area contributed by atoms with Crippen LogP contribution in [-0.2, 0) is 11.8 Å². The molecule has 0 aliphatic rings. The first kappa shape index (κ1) is 16.0. The van der Waals surface area contributed by atoms with Gasteiger partial charge >= 0.3 is 6.18 Å². The van der Waals surface area contributed by atoms with E-state index in [4.69, 9.17) is 0 Å². The average molecular weight is 278 g/mol. The molecule has 0 bridgehead atoms. The van der Waals surface area contributed by atoms with Gasteiger partial charge in [-0.2, -0.15) is 13.2 Å². The highest BCUT2D eigenvalue weighted by Crippen LogP contribution is 2.36. The fourth-order valence-corrected chi connectivity index (χ4v) is 2.28. The Morgan fingerprint density at radius 2 is 1.58 bits per heavy atom. The van der Waals surface area contributed by atoms with E-state index in [1.54, 1.807) is 0 Å². The van der Waals surface area contributed by atoms with Gasteiger partial charge in [-0.05, 0) is 30.5 Å². The minimum absolute atomic E-state index is 0.210. The fourth-order valence-electron chi connectivity index (χ4n) is 2.28. The third kappa shape index (κ3) is 3.69. The molecule has 108 valence electrons. The molecule has 1 aromatic carbocycles. The van der Waals surface area contributed by atoms with E-state index in [1.807, 2.05) is 13.8 Å². The summed E-state index contributed by atoms with van der Waals surface area (Å²) in [5.74, 6) is -1.34. The molecule has 0 amide bonds. The first-order valence-electron chi connectivity index (χ1n) is 6.34. The predicted molar refractivity (Wildman–Crippen MR) is 65.1 cm³/mol. The molecule has 0 heterocycles. The van der Waals surface area contributed by atoms with Crippen LogP contribution in [0.5, 0.6) is 0 Å². The highest BCUT2D eigenvalue weighted by Gasteiger charge is 2.35. The predicted octanol–water partition coefficient (Wildman–Crippen LogP) is 4.63. The molecular weight excluding hydrogens is 260 g/mol. The van der Waals surface area contributed by atoms with E-state index < -0.39 is 23.2 Å². The minimum Gasteiger partial charge on any atom is -0.385 e. The SMILES string of the molecule is CCCC(O)(CCC)c1ccc(C(F)(F)F)c(F)c1. The highest BCUT2D eigenvalue weighted by molar-refractivity contribution is 5.30. The molecule has 0 fully saturated rings. The Kier molecular flexibility index (Phi) is 4.96. The van der Waals surface area contributed by atoms with Crippen molar-refractivity contribution in [3.8, 4) is 0 Å². The molecule has 1 rings (SSSR count). The third-order valence-corrected chi connectivity index (χ3v) is 3.14. The number of benzene rings is 1. The molecule has 5 heteroatoms. The van der Waals surface area contributed by atoms with Gasteiger partial charge in [0.15, 0.2) is 0 Å². The summed E-state index contributed by atoms with van der Waals surface area (Å²) in [6.07, 6.45) is -2.59. The van der Waals surface area contributed by atoms with Crippen LogP contribution in [0.15, 0.2) is 18.2 Å². The van der Waals surface area contributed by atoms with Crippen molar-refractivity contribution in [1.82, 2.24) is 0 Å². The number of rotatable bonds is 5. The molecule has 1 nitrogen and oxygen atoms in total. The molecule has 0 aliphatic carbocycles. The van der Waals surface area contributed by atoms with Crippen LogP contribution in [0.1, 0.15) is 50.7 Å². The zero-order valence-corrected chi connectivity index (χ0v) is 11.0. The zero-order chi connectivity index (χ0) is 14.7. The summed E-state index contributed by atoms with van der Waals surface area (Å²) in [5, 5.41) is 10.5. The summed E-state index contributed by atoms with van der Waals surface area (Å²) in [6.45, 7) is 3.72. The monoisotopic (exact) mass is 278 g/mol. The molecule has 0 saturated carbocycles. The molecule has 0 radical (unpaired) electrons. The standard InChI is InChI=1S/C14H18F4O/c1-3-7-13(19,8-4-2)10-5-6-11(12(15)9-10)14(16,17)18/h5-6,9,19H,3-4,7-8H2,1-2H3. The Morgan fingerprint density at radius 3 is 1.95 bits per heavy atom. The van der Waals surface area contributed by atoms with E-state index >= 15 is 0 Å². The van der Waals surface area contributed by atoms with Crippen LogP contribution >= 0.6 is 0 Å². The topological polar surface area (TPSA) is 20.2 Å². The first-order valence-corrected chi connectivity index (χ1v) is 6.34. The van der Waals surface area contributed by atoms with E-state index in [2.05, 4.69) is 0 Å². The van der Waals surface area contributed by atoms with Crippen molar-refractivity contribution in [2.24, 2.45) is 0 Å². The van der Waals surface area contributed by atoms with E-state index in [1.165, 1.54) is 0 Å². The van der Waals surface area contributed by atoms with Gasteiger partial charge < -0.3 is 5.11 Å². The minimum atomic E-state index is -4.71. The van der Waals surface area contributed by atoms with Crippen LogP contribution in [0.3, 0.4) is 0 Å². The lowest BCUT2D eigenvalue weighted by molar-refractivity contribution is -0.140. The highest BCUT2D eigenvalue weighted by atomic mass is 19.4. The quantitative estimate of drug-likeness (QED) is 0.778. The maximum atomic E-state index is 13.5. The van der Waals surface area contributed by atoms with Crippen molar-refractivity contribution in [1.29, 1.82) is 0 Å². The van der Waals surface area contributed by atoms with Crippen LogP contribution in [-0.4, -0.2) is 5.11 Å². The number of hydrogen-bond acceptors (Lipinski definition) is 1. The number of halogens is 4. The molecule has 0 aromatic heterocycles. The molecule has 0 aliphatic heterocycles. The fraction of sp³-hybridized carbons (Fsp3) is 0.571. The van der Waals surface area contributed by atoms with Crippen LogP contribution in [0.25, 0.3) is 0 Å². The van der Waals surface area contributed by atoms with Gasteiger partial charge in [-0.15, -0.1) is 0 Å². The van der Waals surface area contributed by atoms with Crippen molar-refractivity contribution < 1.29 is 22.7 Å². The largest absolute Gasteiger partial charge is 0.419 e. The molecule has 1 N–H and O–H groups in total. The lowest BCUT2D eigenvalue weighted by Gasteiger charge is -2.28. The van der Waals surface area contributed by atoms with Crippen molar-refractivity contribution in [3.05, 3.63) is 35.1 Å². The molecule has 19 heavy (non-hydrogen) atoms. The molecule has 0 atom stereocenters. The van der Waals surface area contributed by atoms with Crippen LogP contribution < -0.4 is 0 Å². The van der Waals surface area contributed by atoms with Gasteiger partial charge in [0, 0.05) is 0 Å². The second kappa shape index (κ2) is 5.90. The number of aliphatic hydroxyl groups is 1. The summed E-state index contributed by atoms with van der Waals surface area (Å²) in [6, 6.07) is 2.66. The summed E-state index contributed by atoms with van der Waals surface area (Å²) in [7, 11) is 0. The van der Waals surface area contributed by atoms with Gasteiger partial charge in [-0.3, -0.25) is 0 Å². The Hall–Kier alpha value is -1.10. The van der Waals surface area contributed by atoms with E-state index in [-0.39, 0.29) is 5.56 Å². The lowest BCUT2D eigenvalue weighted by atomic mass is 9.85. The van der Waals surface area contributed by atoms with Crippen LogP contribution in [0, 0.1) is 5.82 Å². The Morgan fingerprint density at radius 1 is 1.05 bits per heavy atom. The van der Waals surface area contributed by atoms with Gasteiger partial charge in [0.2, 0.25) is 0 Å². The Bertz CT molecular complexity index is 420. The normalized spacial score (nSPS) is 12.8. The average Bonchev–Trinajstić information content (AvgIpc) is 2.27. The Labute approximate surface area is 110 Å². The first-order chi connectivity index (χ1) is 8.74. The van der Waals surface area contributed by atoms with Gasteiger partial charge in [0.25, 0.3) is 0 Å². The lowest BCUT2D eigenvalue weighted by Crippen LogP contribution is -2.26. The van der Waals surface area contributed by atoms with Gasteiger partial charge in [0.1, 0.15) is 5.82 Å². The summed E-state index contributed by atoms with van der Waals surface area (Å²) in [5.41, 5.74) is -2.35. The van der Waals surface area contributed by atoms with E-state index in [0.29, 0.717) is 31.7 Å². The van der Waals surface area contributed by atoms with E-state index in [0.717, 1.165) is 12.1 Å². The number of alkyl halides is 3. The summed E-state index contributed by atoms with van der Waals surface area (Å²) < 4.78 is 50.9. The van der Waals surface area contributed by atoms with Crippen molar-refractivity contribution >= 4 is 0 Å². The van der Waals surface area contributed by atoms with Gasteiger partial charge in [-0.25, -0.2) is 4.39 Å². The molecular formula is C14H18F4O. The van der Waals surface area contributed by atoms with Crippen LogP contribution in [0.2, 0.25) is 0 Å². The second-order valence-electron chi connectivity index (χ2n) is 4.72. The van der Waals surface area contributed by atoms with Crippen molar-refractivity contribution in [2.45, 2.75) is 51.3 Å². The van der Waals surface area contributed by atoms with Crippen LogP contribution in [0.4, 0.5) is 17.6 Å². The summed E-state index contributed by atoms with van der Waals surface area (Å²) >= 11 is 0. The summed E-state index contributed by atoms with van der Waals surface area (Å²) in [4.78, 5) is 0. The van der Waals surface area contributed by atoms with Gasteiger partial charge in [0.05, 0.1) is 11.2 Å². The Balaban J connectivity index is 3.17. The van der Waals surface area contributed by atoms with Crippen molar-refractivity contribution in [3.63, 3.8) is 0 Å². The van der Waals surface area contributed by atoms with Crippen molar-refractivity contribution in [2.75, 3.05) is 0 Å². The molecule has 0 saturated heterocycles.